The van der Waals surface area contributed by atoms with E-state index >= 15 is 0 Å². The Hall–Kier alpha value is -2.73. The summed E-state index contributed by atoms with van der Waals surface area (Å²) >= 11 is 1.64. The molecule has 2 N–H and O–H groups in total. The number of aromatic nitrogens is 1. The first kappa shape index (κ1) is 20.0. The van der Waals surface area contributed by atoms with Crippen molar-refractivity contribution < 1.29 is 14.7 Å². The molecule has 1 aliphatic rings. The maximum absolute atomic E-state index is 12.2. The van der Waals surface area contributed by atoms with Gasteiger partial charge in [-0.1, -0.05) is 30.7 Å². The Kier molecular flexibility index (Phi) is 6.76. The van der Waals surface area contributed by atoms with Gasteiger partial charge in [0.05, 0.1) is 11.6 Å². The molecule has 0 bridgehead atoms. The van der Waals surface area contributed by atoms with Gasteiger partial charge in [-0.15, -0.1) is 17.9 Å². The fourth-order valence-electron chi connectivity index (χ4n) is 3.06. The van der Waals surface area contributed by atoms with Gasteiger partial charge in [0.1, 0.15) is 5.01 Å². The number of nitrogens with one attached hydrogen (secondary N) is 1. The number of carbonyl (C=O) groups excluding carboxylic acids is 1. The van der Waals surface area contributed by atoms with E-state index in [1.807, 2.05) is 30.4 Å². The van der Waals surface area contributed by atoms with Crippen molar-refractivity contribution in [3.8, 4) is 0 Å². The summed E-state index contributed by atoms with van der Waals surface area (Å²) in [6, 6.07) is 7.45. The number of rotatable bonds is 9. The lowest BCUT2D eigenvalue weighted by Crippen LogP contribution is -2.21. The van der Waals surface area contributed by atoms with Crippen LogP contribution in [0.25, 0.3) is 12.2 Å². The van der Waals surface area contributed by atoms with Crippen LogP contribution in [-0.2, 0) is 9.59 Å². The molecule has 146 valence electrons. The van der Waals surface area contributed by atoms with Crippen LogP contribution in [0.3, 0.4) is 0 Å². The van der Waals surface area contributed by atoms with Crippen LogP contribution >= 0.6 is 11.3 Å². The van der Waals surface area contributed by atoms with Crippen molar-refractivity contribution in [2.75, 3.05) is 5.32 Å². The smallest absolute Gasteiger partial charge is 0.307 e. The van der Waals surface area contributed by atoms with Crippen molar-refractivity contribution in [2.24, 2.45) is 5.92 Å². The lowest BCUT2D eigenvalue weighted by Gasteiger charge is -2.22. The lowest BCUT2D eigenvalue weighted by molar-refractivity contribution is -0.143. The highest BCUT2D eigenvalue weighted by Gasteiger charge is 2.21. The Labute approximate surface area is 168 Å². The van der Waals surface area contributed by atoms with E-state index in [9.17, 15) is 9.59 Å². The summed E-state index contributed by atoms with van der Waals surface area (Å²) in [6.45, 7) is 3.54. The molecular formula is C22H24N2O3S. The molecule has 0 aliphatic heterocycles. The molecule has 1 saturated carbocycles. The van der Waals surface area contributed by atoms with Crippen molar-refractivity contribution in [3.05, 3.63) is 58.6 Å². The SMILES string of the molecule is C=CCC(CC(=O)Nc1cccc(C=Cc2nc(C3CCC3)cs2)c1)C(=O)O. The van der Waals surface area contributed by atoms with Gasteiger partial charge in [-0.25, -0.2) is 4.98 Å². The summed E-state index contributed by atoms with van der Waals surface area (Å²) in [7, 11) is 0. The number of allylic oxidation sites excluding steroid dienone is 1. The highest BCUT2D eigenvalue weighted by atomic mass is 32.1. The van der Waals surface area contributed by atoms with Gasteiger partial charge in [0.15, 0.2) is 0 Å². The molecule has 28 heavy (non-hydrogen) atoms. The molecule has 6 heteroatoms. The average Bonchev–Trinajstić information content (AvgIpc) is 3.06. The molecule has 1 aromatic heterocycles. The lowest BCUT2D eigenvalue weighted by atomic mass is 9.83. The van der Waals surface area contributed by atoms with E-state index in [1.54, 1.807) is 17.4 Å². The van der Waals surface area contributed by atoms with Crippen molar-refractivity contribution >= 4 is 41.1 Å². The predicted molar refractivity (Wildman–Crippen MR) is 113 cm³/mol. The van der Waals surface area contributed by atoms with Gasteiger partial charge in [-0.05, 0) is 43.0 Å². The Balaban J connectivity index is 1.60. The molecular weight excluding hydrogens is 372 g/mol. The van der Waals surface area contributed by atoms with Gasteiger partial charge in [0.25, 0.3) is 0 Å². The summed E-state index contributed by atoms with van der Waals surface area (Å²) in [5, 5.41) is 15.0. The van der Waals surface area contributed by atoms with Gasteiger partial charge < -0.3 is 10.4 Å². The highest BCUT2D eigenvalue weighted by Crippen LogP contribution is 2.36. The number of carboxylic acids is 1. The number of aliphatic carboxylic acids is 1. The Morgan fingerprint density at radius 1 is 1.36 bits per heavy atom. The number of carboxylic acid groups (broad SMARTS) is 1. The summed E-state index contributed by atoms with van der Waals surface area (Å²) in [5.41, 5.74) is 2.78. The van der Waals surface area contributed by atoms with Crippen molar-refractivity contribution in [1.29, 1.82) is 0 Å². The van der Waals surface area contributed by atoms with Crippen LogP contribution in [0.5, 0.6) is 0 Å². The second kappa shape index (κ2) is 9.46. The van der Waals surface area contributed by atoms with E-state index in [2.05, 4.69) is 22.3 Å². The summed E-state index contributed by atoms with van der Waals surface area (Å²) in [6.07, 6.45) is 9.44. The minimum Gasteiger partial charge on any atom is -0.481 e. The third-order valence-corrected chi connectivity index (χ3v) is 5.71. The number of hydrogen-bond acceptors (Lipinski definition) is 4. The maximum atomic E-state index is 12.2. The van der Waals surface area contributed by atoms with Gasteiger partial charge in [0.2, 0.25) is 5.91 Å². The van der Waals surface area contributed by atoms with Gasteiger partial charge in [-0.3, -0.25) is 9.59 Å². The van der Waals surface area contributed by atoms with Crippen molar-refractivity contribution in [3.63, 3.8) is 0 Å². The van der Waals surface area contributed by atoms with Crippen LogP contribution in [0, 0.1) is 5.92 Å². The van der Waals surface area contributed by atoms with Crippen molar-refractivity contribution in [1.82, 2.24) is 4.98 Å². The second-order valence-electron chi connectivity index (χ2n) is 7.01. The predicted octanol–water partition coefficient (Wildman–Crippen LogP) is 5.19. The standard InChI is InChI=1S/C22H24N2O3S/c1-2-5-17(22(26)27)13-20(25)23-18-9-3-6-15(12-18)10-11-21-24-19(14-28-21)16-7-4-8-16/h2-3,6,9-12,14,16-17H,1,4-5,7-8,13H2,(H,23,25)(H,26,27). The molecule has 0 spiro atoms. The van der Waals surface area contributed by atoms with Crippen LogP contribution in [0.1, 0.15) is 54.3 Å². The molecule has 1 aromatic carbocycles. The summed E-state index contributed by atoms with van der Waals surface area (Å²) in [5.74, 6) is -1.43. The Morgan fingerprint density at radius 3 is 2.86 bits per heavy atom. The van der Waals surface area contributed by atoms with E-state index in [0.717, 1.165) is 10.6 Å². The number of hydrogen-bond donors (Lipinski definition) is 2. The van der Waals surface area contributed by atoms with E-state index < -0.39 is 11.9 Å². The first-order chi connectivity index (χ1) is 13.5. The second-order valence-corrected chi connectivity index (χ2v) is 7.90. The van der Waals surface area contributed by atoms with Crippen molar-refractivity contribution in [2.45, 2.75) is 38.0 Å². The molecule has 5 nitrogen and oxygen atoms in total. The van der Waals surface area contributed by atoms with Gasteiger partial charge in [-0.2, -0.15) is 0 Å². The third kappa shape index (κ3) is 5.39. The Morgan fingerprint density at radius 2 is 2.18 bits per heavy atom. The first-order valence-electron chi connectivity index (χ1n) is 9.42. The maximum Gasteiger partial charge on any atom is 0.307 e. The summed E-state index contributed by atoms with van der Waals surface area (Å²) < 4.78 is 0. The minimum absolute atomic E-state index is 0.0789. The molecule has 3 rings (SSSR count). The zero-order valence-corrected chi connectivity index (χ0v) is 16.5. The van der Waals surface area contributed by atoms with Crippen LogP contribution < -0.4 is 5.32 Å². The molecule has 2 aromatic rings. The topological polar surface area (TPSA) is 79.3 Å². The molecule has 1 atom stereocenters. The molecule has 0 saturated heterocycles. The normalized spacial score (nSPS) is 15.1. The third-order valence-electron chi connectivity index (χ3n) is 4.88. The number of nitrogens with zero attached hydrogens (tertiary/aromatic N) is 1. The summed E-state index contributed by atoms with van der Waals surface area (Å²) in [4.78, 5) is 28.0. The largest absolute Gasteiger partial charge is 0.481 e. The monoisotopic (exact) mass is 396 g/mol. The van der Waals surface area contributed by atoms with Crippen LogP contribution in [0.2, 0.25) is 0 Å². The fourth-order valence-corrected chi connectivity index (χ4v) is 3.86. The first-order valence-corrected chi connectivity index (χ1v) is 10.3. The minimum atomic E-state index is -0.989. The zero-order chi connectivity index (χ0) is 19.9. The van der Waals surface area contributed by atoms with Crippen LogP contribution in [0.15, 0.2) is 42.3 Å². The molecule has 1 amide bonds. The van der Waals surface area contributed by atoms with Crippen LogP contribution in [-0.4, -0.2) is 22.0 Å². The van der Waals surface area contributed by atoms with E-state index in [0.29, 0.717) is 11.6 Å². The number of amides is 1. The molecule has 1 unspecified atom stereocenters. The van der Waals surface area contributed by atoms with E-state index in [1.165, 1.54) is 31.0 Å². The van der Waals surface area contributed by atoms with E-state index in [4.69, 9.17) is 5.11 Å². The van der Waals surface area contributed by atoms with E-state index in [-0.39, 0.29) is 18.7 Å². The number of thiazole rings is 1. The fraction of sp³-hybridized carbons (Fsp3) is 0.318. The van der Waals surface area contributed by atoms with Gasteiger partial charge in [0, 0.05) is 23.4 Å². The highest BCUT2D eigenvalue weighted by molar-refractivity contribution is 7.10. The molecule has 1 aliphatic carbocycles. The quantitative estimate of drug-likeness (QED) is 0.572. The average molecular weight is 397 g/mol. The Bertz CT molecular complexity index is 883. The number of benzene rings is 1. The van der Waals surface area contributed by atoms with Crippen LogP contribution in [0.4, 0.5) is 5.69 Å². The number of anilines is 1. The zero-order valence-electron chi connectivity index (χ0n) is 15.6. The molecule has 1 heterocycles. The number of carbonyl (C=O) groups is 2. The molecule has 1 fully saturated rings. The molecule has 0 radical (unpaired) electrons. The van der Waals surface area contributed by atoms with Gasteiger partial charge >= 0.3 is 5.97 Å².